The maximum absolute atomic E-state index is 11.1. The molecule has 15 heavy (non-hydrogen) atoms. The molecule has 0 saturated heterocycles. The van der Waals surface area contributed by atoms with Crippen LogP contribution in [0.15, 0.2) is 54.3 Å². The fourth-order valence-electron chi connectivity index (χ4n) is 1.67. The maximum Gasteiger partial charge on any atom is 0.218 e. The quantitative estimate of drug-likeness (QED) is 0.685. The van der Waals surface area contributed by atoms with Crippen molar-refractivity contribution in [1.82, 2.24) is 0 Å². The van der Waals surface area contributed by atoms with Crippen LogP contribution in [0.4, 0.5) is 5.69 Å². The molecule has 0 atom stereocenters. The third-order valence-electron chi connectivity index (χ3n) is 2.44. The lowest BCUT2D eigenvalue weighted by Gasteiger charge is -2.21. The Hall–Kier alpha value is -1.83. The molecule has 1 amide bonds. The minimum Gasteiger partial charge on any atom is -0.287 e. The Kier molecular flexibility index (Phi) is 2.98. The van der Waals surface area contributed by atoms with Crippen LogP contribution in [0.5, 0.6) is 0 Å². The van der Waals surface area contributed by atoms with Crippen LogP contribution >= 0.6 is 0 Å². The molecule has 76 valence electrons. The highest BCUT2D eigenvalue weighted by atomic mass is 16.1. The van der Waals surface area contributed by atoms with Gasteiger partial charge in [0.25, 0.3) is 0 Å². The summed E-state index contributed by atoms with van der Waals surface area (Å²) < 4.78 is 0. The number of benzene rings is 1. The summed E-state index contributed by atoms with van der Waals surface area (Å²) in [5.41, 5.74) is 1.98. The topological polar surface area (TPSA) is 20.3 Å². The maximum atomic E-state index is 11.1. The van der Waals surface area contributed by atoms with Crippen molar-refractivity contribution in [2.75, 3.05) is 4.90 Å². The van der Waals surface area contributed by atoms with Crippen LogP contribution in [0.25, 0.3) is 0 Å². The van der Waals surface area contributed by atoms with Gasteiger partial charge in [-0.25, -0.2) is 0 Å². The first-order valence-electron chi connectivity index (χ1n) is 5.07. The van der Waals surface area contributed by atoms with Crippen molar-refractivity contribution < 1.29 is 4.79 Å². The third kappa shape index (κ3) is 2.15. The summed E-state index contributed by atoms with van der Waals surface area (Å²) in [7, 11) is 0. The molecular weight excluding hydrogens is 186 g/mol. The van der Waals surface area contributed by atoms with E-state index >= 15 is 0 Å². The molecule has 2 rings (SSSR count). The molecule has 2 heteroatoms. The lowest BCUT2D eigenvalue weighted by molar-refractivity contribution is -0.107. The molecule has 1 aliphatic rings. The van der Waals surface area contributed by atoms with Crippen molar-refractivity contribution in [3.63, 3.8) is 0 Å². The van der Waals surface area contributed by atoms with Crippen LogP contribution < -0.4 is 4.90 Å². The van der Waals surface area contributed by atoms with Gasteiger partial charge in [0.05, 0.1) is 0 Å². The molecule has 0 radical (unpaired) electrons. The summed E-state index contributed by atoms with van der Waals surface area (Å²) in [6, 6.07) is 9.69. The molecule has 0 unspecified atom stereocenters. The van der Waals surface area contributed by atoms with Gasteiger partial charge in [-0.2, -0.15) is 0 Å². The number of anilines is 1. The molecule has 1 aromatic carbocycles. The highest BCUT2D eigenvalue weighted by molar-refractivity contribution is 5.79. The molecule has 0 spiro atoms. The Morgan fingerprint density at radius 1 is 1.20 bits per heavy atom. The van der Waals surface area contributed by atoms with E-state index in [4.69, 9.17) is 0 Å². The van der Waals surface area contributed by atoms with E-state index < -0.39 is 0 Å². The molecule has 0 bridgehead atoms. The first-order chi connectivity index (χ1) is 7.42. The smallest absolute Gasteiger partial charge is 0.218 e. The number of carbonyl (C=O) groups is 1. The predicted molar refractivity (Wildman–Crippen MR) is 61.4 cm³/mol. The van der Waals surface area contributed by atoms with Gasteiger partial charge >= 0.3 is 0 Å². The lowest BCUT2D eigenvalue weighted by Crippen LogP contribution is -2.20. The van der Waals surface area contributed by atoms with Crippen LogP contribution in [-0.2, 0) is 4.79 Å². The van der Waals surface area contributed by atoms with Crippen molar-refractivity contribution in [3.05, 3.63) is 54.3 Å². The molecule has 0 aromatic heterocycles. The minimum atomic E-state index is 0.875. The Morgan fingerprint density at radius 3 is 2.60 bits per heavy atom. The fourth-order valence-corrected chi connectivity index (χ4v) is 1.67. The van der Waals surface area contributed by atoms with E-state index in [9.17, 15) is 4.79 Å². The van der Waals surface area contributed by atoms with Crippen molar-refractivity contribution in [2.45, 2.75) is 12.8 Å². The number of amides is 1. The van der Waals surface area contributed by atoms with Gasteiger partial charge in [0.15, 0.2) is 0 Å². The van der Waals surface area contributed by atoms with E-state index in [0.717, 1.165) is 30.6 Å². The van der Waals surface area contributed by atoms with Crippen LogP contribution in [0.3, 0.4) is 0 Å². The van der Waals surface area contributed by atoms with Crippen LogP contribution in [0.1, 0.15) is 12.8 Å². The monoisotopic (exact) mass is 199 g/mol. The lowest BCUT2D eigenvalue weighted by atomic mass is 10.1. The molecule has 0 aliphatic heterocycles. The normalized spacial score (nSPS) is 14.5. The molecular formula is C13H13NO. The first kappa shape index (κ1) is 9.71. The molecule has 0 N–H and O–H groups in total. The highest BCUT2D eigenvalue weighted by Crippen LogP contribution is 2.22. The summed E-state index contributed by atoms with van der Waals surface area (Å²) >= 11 is 0. The minimum absolute atomic E-state index is 0.875. The van der Waals surface area contributed by atoms with Crippen LogP contribution in [0, 0.1) is 0 Å². The van der Waals surface area contributed by atoms with Crippen molar-refractivity contribution in [1.29, 1.82) is 0 Å². The largest absolute Gasteiger partial charge is 0.287 e. The van der Waals surface area contributed by atoms with Crippen molar-refractivity contribution >= 4 is 12.1 Å². The molecule has 0 fully saturated rings. The van der Waals surface area contributed by atoms with Crippen LogP contribution in [-0.4, -0.2) is 6.41 Å². The third-order valence-corrected chi connectivity index (χ3v) is 2.44. The summed E-state index contributed by atoms with van der Waals surface area (Å²) in [5.74, 6) is 0. The van der Waals surface area contributed by atoms with E-state index in [-0.39, 0.29) is 0 Å². The molecule has 0 saturated carbocycles. The van der Waals surface area contributed by atoms with Gasteiger partial charge in [-0.1, -0.05) is 30.4 Å². The zero-order chi connectivity index (χ0) is 10.5. The second-order valence-corrected chi connectivity index (χ2v) is 3.44. The second-order valence-electron chi connectivity index (χ2n) is 3.44. The average Bonchev–Trinajstić information content (AvgIpc) is 2.33. The zero-order valence-corrected chi connectivity index (χ0v) is 8.47. The van der Waals surface area contributed by atoms with E-state index in [1.807, 2.05) is 42.5 Å². The van der Waals surface area contributed by atoms with Gasteiger partial charge in [0.2, 0.25) is 6.41 Å². The second kappa shape index (κ2) is 4.60. The van der Waals surface area contributed by atoms with Gasteiger partial charge in [0, 0.05) is 11.4 Å². The summed E-state index contributed by atoms with van der Waals surface area (Å²) in [5, 5.41) is 0. The average molecular weight is 199 g/mol. The number of para-hydroxylation sites is 1. The summed E-state index contributed by atoms with van der Waals surface area (Å²) in [6.07, 6.45) is 8.90. The Morgan fingerprint density at radius 2 is 2.00 bits per heavy atom. The number of hydrogen-bond donors (Lipinski definition) is 0. The number of allylic oxidation sites excluding steroid dienone is 4. The Labute approximate surface area is 89.5 Å². The van der Waals surface area contributed by atoms with E-state index in [0.29, 0.717) is 0 Å². The van der Waals surface area contributed by atoms with Gasteiger partial charge in [0.1, 0.15) is 0 Å². The highest BCUT2D eigenvalue weighted by Gasteiger charge is 2.10. The zero-order valence-electron chi connectivity index (χ0n) is 8.47. The molecule has 1 aromatic rings. The molecule has 2 nitrogen and oxygen atoms in total. The van der Waals surface area contributed by atoms with E-state index in [2.05, 4.69) is 6.08 Å². The number of rotatable bonds is 3. The summed E-state index contributed by atoms with van der Waals surface area (Å²) in [4.78, 5) is 12.8. The molecule has 0 heterocycles. The van der Waals surface area contributed by atoms with Crippen molar-refractivity contribution in [2.24, 2.45) is 0 Å². The SMILES string of the molecule is O=CN(C1=CC=CCC1)c1ccccc1. The van der Waals surface area contributed by atoms with Crippen molar-refractivity contribution in [3.8, 4) is 0 Å². The van der Waals surface area contributed by atoms with E-state index in [1.54, 1.807) is 4.90 Å². The first-order valence-corrected chi connectivity index (χ1v) is 5.07. The fraction of sp³-hybridized carbons (Fsp3) is 0.154. The Balaban J connectivity index is 2.28. The van der Waals surface area contributed by atoms with Gasteiger partial charge in [-0.3, -0.25) is 9.69 Å². The van der Waals surface area contributed by atoms with Gasteiger partial charge in [-0.15, -0.1) is 0 Å². The predicted octanol–water partition coefficient (Wildman–Crippen LogP) is 2.88. The van der Waals surface area contributed by atoms with E-state index in [1.165, 1.54) is 0 Å². The van der Waals surface area contributed by atoms with Gasteiger partial charge in [-0.05, 0) is 31.1 Å². The Bertz CT molecular complexity index is 392. The number of nitrogens with zero attached hydrogens (tertiary/aromatic N) is 1. The number of hydrogen-bond acceptors (Lipinski definition) is 1. The molecule has 1 aliphatic carbocycles. The number of carbonyl (C=O) groups excluding carboxylic acids is 1. The van der Waals surface area contributed by atoms with Crippen LogP contribution in [0.2, 0.25) is 0 Å². The standard InChI is InChI=1S/C13H13NO/c15-11-14(12-7-3-1-4-8-12)13-9-5-2-6-10-13/h1-5,7-9,11H,6,10H2. The summed E-state index contributed by atoms with van der Waals surface area (Å²) in [6.45, 7) is 0. The van der Waals surface area contributed by atoms with Gasteiger partial charge < -0.3 is 0 Å².